The normalized spacial score (nSPS) is 16.6. The van der Waals surface area contributed by atoms with E-state index in [1.54, 1.807) is 31.4 Å². The summed E-state index contributed by atoms with van der Waals surface area (Å²) < 4.78 is 32.2. The molecule has 2 aromatic rings. The van der Waals surface area contributed by atoms with Gasteiger partial charge in [0.25, 0.3) is 0 Å². The Hall–Kier alpha value is -2.42. The van der Waals surface area contributed by atoms with E-state index in [9.17, 15) is 13.2 Å². The molecule has 1 atom stereocenters. The average molecular weight is 446 g/mol. The maximum Gasteiger partial charge on any atom is 0.243 e. The fraction of sp³-hybridized carbons (Fsp3) is 0.435. The SMILES string of the molecule is CCC(C)c1ccc(NC(=O)CN2CCN(S(=O)(=O)c3ccc(OC)cc3)CC2)cc1. The Labute approximate surface area is 185 Å². The van der Waals surface area contributed by atoms with Crippen molar-refractivity contribution >= 4 is 21.6 Å². The third kappa shape index (κ3) is 5.84. The zero-order valence-corrected chi connectivity index (χ0v) is 19.2. The van der Waals surface area contributed by atoms with Gasteiger partial charge < -0.3 is 10.1 Å². The quantitative estimate of drug-likeness (QED) is 0.675. The molecule has 0 aliphatic carbocycles. The molecule has 168 valence electrons. The van der Waals surface area contributed by atoms with Gasteiger partial charge in [0.1, 0.15) is 5.75 Å². The highest BCUT2D eigenvalue weighted by atomic mass is 32.2. The van der Waals surface area contributed by atoms with Crippen LogP contribution in [0.2, 0.25) is 0 Å². The zero-order valence-electron chi connectivity index (χ0n) is 18.4. The van der Waals surface area contributed by atoms with Crippen LogP contribution in [0, 0.1) is 0 Å². The first-order valence-electron chi connectivity index (χ1n) is 10.6. The van der Waals surface area contributed by atoms with Crippen LogP contribution in [0.4, 0.5) is 5.69 Å². The van der Waals surface area contributed by atoms with E-state index >= 15 is 0 Å². The van der Waals surface area contributed by atoms with Crippen molar-refractivity contribution in [3.63, 3.8) is 0 Å². The van der Waals surface area contributed by atoms with Crippen LogP contribution in [-0.2, 0) is 14.8 Å². The Morgan fingerprint density at radius 3 is 2.19 bits per heavy atom. The minimum atomic E-state index is -3.55. The lowest BCUT2D eigenvalue weighted by Crippen LogP contribution is -2.50. The van der Waals surface area contributed by atoms with Crippen molar-refractivity contribution in [2.45, 2.75) is 31.1 Å². The Morgan fingerprint density at radius 1 is 1.03 bits per heavy atom. The van der Waals surface area contributed by atoms with E-state index in [1.165, 1.54) is 9.87 Å². The largest absolute Gasteiger partial charge is 0.497 e. The third-order valence-corrected chi connectivity index (χ3v) is 7.68. The fourth-order valence-corrected chi connectivity index (χ4v) is 4.98. The van der Waals surface area contributed by atoms with E-state index in [0.717, 1.165) is 12.1 Å². The Morgan fingerprint density at radius 2 is 1.65 bits per heavy atom. The van der Waals surface area contributed by atoms with E-state index in [-0.39, 0.29) is 17.3 Å². The maximum atomic E-state index is 12.8. The predicted octanol–water partition coefficient (Wildman–Crippen LogP) is 3.15. The lowest BCUT2D eigenvalue weighted by molar-refractivity contribution is -0.117. The van der Waals surface area contributed by atoms with Crippen molar-refractivity contribution in [2.75, 3.05) is 45.2 Å². The molecule has 1 aliphatic heterocycles. The molecule has 0 bridgehead atoms. The van der Waals surface area contributed by atoms with E-state index < -0.39 is 10.0 Å². The number of nitrogens with one attached hydrogen (secondary N) is 1. The molecule has 0 aromatic heterocycles. The molecule has 1 heterocycles. The maximum absolute atomic E-state index is 12.8. The number of hydrogen-bond donors (Lipinski definition) is 1. The summed E-state index contributed by atoms with van der Waals surface area (Å²) in [4.78, 5) is 14.6. The first-order chi connectivity index (χ1) is 14.8. The van der Waals surface area contributed by atoms with Gasteiger partial charge in [-0.1, -0.05) is 26.0 Å². The van der Waals surface area contributed by atoms with Crippen LogP contribution in [0.25, 0.3) is 0 Å². The summed E-state index contributed by atoms with van der Waals surface area (Å²) in [5.74, 6) is 1.02. The summed E-state index contributed by atoms with van der Waals surface area (Å²) in [7, 11) is -2.01. The number of carbonyl (C=O) groups is 1. The standard InChI is InChI=1S/C23H31N3O4S/c1-4-18(2)19-5-7-20(8-6-19)24-23(27)17-25-13-15-26(16-14-25)31(28,29)22-11-9-21(30-3)10-12-22/h5-12,18H,4,13-17H2,1-3H3,(H,24,27). The molecule has 0 radical (unpaired) electrons. The predicted molar refractivity (Wildman–Crippen MR) is 122 cm³/mol. The third-order valence-electron chi connectivity index (χ3n) is 5.77. The van der Waals surface area contributed by atoms with Crippen LogP contribution < -0.4 is 10.1 Å². The molecule has 3 rings (SSSR count). The van der Waals surface area contributed by atoms with Crippen molar-refractivity contribution in [2.24, 2.45) is 0 Å². The second-order valence-electron chi connectivity index (χ2n) is 7.84. The van der Waals surface area contributed by atoms with Crippen molar-refractivity contribution in [1.29, 1.82) is 0 Å². The first kappa shape index (κ1) is 23.2. The van der Waals surface area contributed by atoms with Crippen LogP contribution in [0.3, 0.4) is 0 Å². The lowest BCUT2D eigenvalue weighted by Gasteiger charge is -2.33. The molecule has 1 saturated heterocycles. The van der Waals surface area contributed by atoms with Crippen molar-refractivity contribution in [1.82, 2.24) is 9.21 Å². The first-order valence-corrected chi connectivity index (χ1v) is 12.0. The number of sulfonamides is 1. The fourth-order valence-electron chi connectivity index (χ4n) is 3.56. The van der Waals surface area contributed by atoms with Crippen molar-refractivity contribution < 1.29 is 17.9 Å². The molecule has 1 unspecified atom stereocenters. The molecular weight excluding hydrogens is 414 g/mol. The molecule has 1 aliphatic rings. The molecule has 0 spiro atoms. The number of nitrogens with zero attached hydrogens (tertiary/aromatic N) is 2. The van der Waals surface area contributed by atoms with Gasteiger partial charge in [0.05, 0.1) is 18.6 Å². The summed E-state index contributed by atoms with van der Waals surface area (Å²) in [6.45, 7) is 6.30. The highest BCUT2D eigenvalue weighted by Crippen LogP contribution is 2.22. The van der Waals surface area contributed by atoms with Crippen LogP contribution in [0.15, 0.2) is 53.4 Å². The van der Waals surface area contributed by atoms with E-state index in [1.807, 2.05) is 29.2 Å². The number of rotatable bonds is 8. The number of ether oxygens (including phenoxy) is 1. The van der Waals surface area contributed by atoms with E-state index in [2.05, 4.69) is 19.2 Å². The molecular formula is C23H31N3O4S. The number of hydrogen-bond acceptors (Lipinski definition) is 5. The summed E-state index contributed by atoms with van der Waals surface area (Å²) in [5.41, 5.74) is 2.03. The van der Waals surface area contributed by atoms with Gasteiger partial charge in [-0.25, -0.2) is 8.42 Å². The second kappa shape index (κ2) is 10.3. The van der Waals surface area contributed by atoms with Crippen molar-refractivity contribution in [3.8, 4) is 5.75 Å². The average Bonchev–Trinajstić information content (AvgIpc) is 2.79. The number of methoxy groups -OCH3 is 1. The number of carbonyl (C=O) groups excluding carboxylic acids is 1. The number of piperazine rings is 1. The molecule has 1 N–H and O–H groups in total. The summed E-state index contributed by atoms with van der Waals surface area (Å²) in [5, 5.41) is 2.93. The Kier molecular flexibility index (Phi) is 7.69. The smallest absolute Gasteiger partial charge is 0.243 e. The molecule has 31 heavy (non-hydrogen) atoms. The molecule has 1 fully saturated rings. The lowest BCUT2D eigenvalue weighted by atomic mass is 9.99. The number of anilines is 1. The highest BCUT2D eigenvalue weighted by molar-refractivity contribution is 7.89. The van der Waals surface area contributed by atoms with Crippen LogP contribution in [0.5, 0.6) is 5.75 Å². The van der Waals surface area contributed by atoms with Gasteiger partial charge in [0.2, 0.25) is 15.9 Å². The van der Waals surface area contributed by atoms with Gasteiger partial charge in [-0.05, 0) is 54.3 Å². The van der Waals surface area contributed by atoms with Gasteiger partial charge in [-0.15, -0.1) is 0 Å². The van der Waals surface area contributed by atoms with Gasteiger partial charge in [-0.3, -0.25) is 9.69 Å². The van der Waals surface area contributed by atoms with Crippen LogP contribution in [-0.4, -0.2) is 63.4 Å². The topological polar surface area (TPSA) is 79.0 Å². The van der Waals surface area contributed by atoms with Gasteiger partial charge >= 0.3 is 0 Å². The van der Waals surface area contributed by atoms with E-state index in [4.69, 9.17) is 4.74 Å². The van der Waals surface area contributed by atoms with Crippen molar-refractivity contribution in [3.05, 3.63) is 54.1 Å². The molecule has 0 saturated carbocycles. The minimum absolute atomic E-state index is 0.0947. The molecule has 8 heteroatoms. The zero-order chi connectivity index (χ0) is 22.4. The van der Waals surface area contributed by atoms with Gasteiger partial charge in [0.15, 0.2) is 0 Å². The number of amides is 1. The minimum Gasteiger partial charge on any atom is -0.497 e. The highest BCUT2D eigenvalue weighted by Gasteiger charge is 2.29. The second-order valence-corrected chi connectivity index (χ2v) is 9.77. The summed E-state index contributed by atoms with van der Waals surface area (Å²) in [6.07, 6.45) is 1.08. The van der Waals surface area contributed by atoms with Crippen LogP contribution >= 0.6 is 0 Å². The van der Waals surface area contributed by atoms with Gasteiger partial charge in [0, 0.05) is 31.9 Å². The van der Waals surface area contributed by atoms with Gasteiger partial charge in [-0.2, -0.15) is 4.31 Å². The Bertz CT molecular complexity index is 967. The molecule has 1 amide bonds. The monoisotopic (exact) mass is 445 g/mol. The van der Waals surface area contributed by atoms with E-state index in [0.29, 0.717) is 37.8 Å². The molecule has 2 aromatic carbocycles. The number of benzene rings is 2. The van der Waals surface area contributed by atoms with Crippen LogP contribution in [0.1, 0.15) is 31.7 Å². The summed E-state index contributed by atoms with van der Waals surface area (Å²) >= 11 is 0. The Balaban J connectivity index is 1.50. The summed E-state index contributed by atoms with van der Waals surface area (Å²) in [6, 6.07) is 14.4. The molecule has 7 nitrogen and oxygen atoms in total.